The fourth-order valence-corrected chi connectivity index (χ4v) is 5.79. The van der Waals surface area contributed by atoms with Gasteiger partial charge in [0.25, 0.3) is 5.91 Å². The molecule has 0 saturated carbocycles. The zero-order valence-corrected chi connectivity index (χ0v) is 19.7. The van der Waals surface area contributed by atoms with Crippen LogP contribution >= 0.6 is 0 Å². The molecule has 3 aromatic carbocycles. The first-order chi connectivity index (χ1) is 17.0. The van der Waals surface area contributed by atoms with Crippen molar-refractivity contribution >= 4 is 15.9 Å². The third-order valence-electron chi connectivity index (χ3n) is 6.17. The summed E-state index contributed by atoms with van der Waals surface area (Å²) in [6.07, 6.45) is 0. The number of amides is 1. The maximum Gasteiger partial charge on any atom is 0.254 e. The lowest BCUT2D eigenvalue weighted by Crippen LogP contribution is -2.50. The van der Waals surface area contributed by atoms with Gasteiger partial charge < -0.3 is 14.4 Å². The number of carbonyl (C=O) groups excluding carboxylic acids is 1. The van der Waals surface area contributed by atoms with E-state index >= 15 is 0 Å². The van der Waals surface area contributed by atoms with E-state index in [1.54, 1.807) is 35.2 Å². The number of hydrogen-bond donors (Lipinski definition) is 0. The summed E-state index contributed by atoms with van der Waals surface area (Å²) < 4.78 is 38.8. The first-order valence-corrected chi connectivity index (χ1v) is 12.7. The van der Waals surface area contributed by atoms with Crippen LogP contribution in [0.5, 0.6) is 11.5 Å². The second-order valence-corrected chi connectivity index (χ2v) is 10.1. The highest BCUT2D eigenvalue weighted by Gasteiger charge is 2.32. The van der Waals surface area contributed by atoms with Crippen LogP contribution in [0, 0.1) is 11.3 Å². The Kier molecular flexibility index (Phi) is 6.16. The average molecular weight is 490 g/mol. The highest BCUT2D eigenvalue weighted by atomic mass is 32.2. The van der Waals surface area contributed by atoms with E-state index in [1.165, 1.54) is 16.4 Å². The minimum atomic E-state index is -3.75. The van der Waals surface area contributed by atoms with E-state index in [9.17, 15) is 18.5 Å². The van der Waals surface area contributed by atoms with Crippen molar-refractivity contribution in [3.05, 3.63) is 77.9 Å². The summed E-state index contributed by atoms with van der Waals surface area (Å²) in [5.74, 6) is 0.757. The van der Waals surface area contributed by atoms with Crippen molar-refractivity contribution in [2.75, 3.05) is 39.4 Å². The zero-order valence-electron chi connectivity index (χ0n) is 18.9. The number of carbonyl (C=O) groups is 1. The summed E-state index contributed by atoms with van der Waals surface area (Å²) in [7, 11) is -3.75. The normalized spacial score (nSPS) is 15.9. The van der Waals surface area contributed by atoms with Gasteiger partial charge in [-0.15, -0.1) is 0 Å². The van der Waals surface area contributed by atoms with E-state index < -0.39 is 10.0 Å². The SMILES string of the molecule is N#Cc1ccccc1-c1ccccc1C(=O)N1CCN(S(=O)(=O)c2ccc3c(c2)OCCO3)CC1. The van der Waals surface area contributed by atoms with Crippen LogP contribution in [0.25, 0.3) is 11.1 Å². The summed E-state index contributed by atoms with van der Waals surface area (Å²) in [5.41, 5.74) is 2.35. The number of ether oxygens (including phenoxy) is 2. The number of hydrogen-bond acceptors (Lipinski definition) is 6. The topological polar surface area (TPSA) is 99.9 Å². The van der Waals surface area contributed by atoms with Crippen molar-refractivity contribution in [2.24, 2.45) is 0 Å². The van der Waals surface area contributed by atoms with Crippen LogP contribution in [0.3, 0.4) is 0 Å². The largest absolute Gasteiger partial charge is 0.486 e. The van der Waals surface area contributed by atoms with E-state index in [-0.39, 0.29) is 37.0 Å². The molecule has 1 saturated heterocycles. The van der Waals surface area contributed by atoms with Gasteiger partial charge in [0.1, 0.15) is 13.2 Å². The Labute approximate surface area is 204 Å². The fourth-order valence-electron chi connectivity index (χ4n) is 4.36. The van der Waals surface area contributed by atoms with E-state index in [4.69, 9.17) is 9.47 Å². The molecule has 0 spiro atoms. The second-order valence-electron chi connectivity index (χ2n) is 8.20. The van der Waals surface area contributed by atoms with Crippen LogP contribution in [0.1, 0.15) is 15.9 Å². The molecule has 1 amide bonds. The van der Waals surface area contributed by atoms with Gasteiger partial charge in [-0.1, -0.05) is 36.4 Å². The van der Waals surface area contributed by atoms with Gasteiger partial charge in [0, 0.05) is 43.4 Å². The molecule has 0 aromatic heterocycles. The van der Waals surface area contributed by atoms with Crippen LogP contribution in [-0.2, 0) is 10.0 Å². The summed E-state index contributed by atoms with van der Waals surface area (Å²) >= 11 is 0. The number of benzene rings is 3. The quantitative estimate of drug-likeness (QED) is 0.558. The van der Waals surface area contributed by atoms with E-state index in [0.29, 0.717) is 47.0 Å². The molecule has 3 aromatic rings. The molecule has 1 fully saturated rings. The Morgan fingerprint density at radius 3 is 2.23 bits per heavy atom. The van der Waals surface area contributed by atoms with E-state index in [0.717, 1.165) is 0 Å². The zero-order chi connectivity index (χ0) is 24.4. The third kappa shape index (κ3) is 4.34. The van der Waals surface area contributed by atoms with Crippen molar-refractivity contribution in [1.29, 1.82) is 5.26 Å². The predicted octanol–water partition coefficient (Wildman–Crippen LogP) is 3.14. The lowest BCUT2D eigenvalue weighted by atomic mass is 9.95. The van der Waals surface area contributed by atoms with Crippen molar-refractivity contribution in [3.63, 3.8) is 0 Å². The van der Waals surface area contributed by atoms with Crippen LogP contribution in [0.4, 0.5) is 0 Å². The molecule has 2 heterocycles. The molecule has 0 N–H and O–H groups in total. The Hall–Kier alpha value is -3.87. The first-order valence-electron chi connectivity index (χ1n) is 11.3. The number of sulfonamides is 1. The number of rotatable bonds is 4. The van der Waals surface area contributed by atoms with Crippen molar-refractivity contribution in [2.45, 2.75) is 4.90 Å². The second kappa shape index (κ2) is 9.41. The molecule has 0 aliphatic carbocycles. The van der Waals surface area contributed by atoms with Crippen LogP contribution in [0.2, 0.25) is 0 Å². The molecule has 5 rings (SSSR count). The van der Waals surface area contributed by atoms with Crippen LogP contribution in [-0.4, -0.2) is 62.9 Å². The van der Waals surface area contributed by atoms with Gasteiger partial charge in [0.05, 0.1) is 16.5 Å². The monoisotopic (exact) mass is 489 g/mol. The summed E-state index contributed by atoms with van der Waals surface area (Å²) in [5, 5.41) is 9.50. The van der Waals surface area contributed by atoms with Gasteiger partial charge in [-0.2, -0.15) is 9.57 Å². The molecule has 2 aliphatic heterocycles. The maximum absolute atomic E-state index is 13.4. The highest BCUT2D eigenvalue weighted by molar-refractivity contribution is 7.89. The minimum Gasteiger partial charge on any atom is -0.486 e. The van der Waals surface area contributed by atoms with E-state index in [2.05, 4.69) is 6.07 Å². The molecule has 9 heteroatoms. The molecule has 0 bridgehead atoms. The summed E-state index contributed by atoms with van der Waals surface area (Å²) in [6, 6.07) is 21.1. The van der Waals surface area contributed by atoms with Gasteiger partial charge in [0.15, 0.2) is 11.5 Å². The molecule has 35 heavy (non-hydrogen) atoms. The average Bonchev–Trinajstić information content (AvgIpc) is 2.92. The Balaban J connectivity index is 1.34. The van der Waals surface area contributed by atoms with Gasteiger partial charge in [-0.25, -0.2) is 8.42 Å². The molecule has 2 aliphatic rings. The minimum absolute atomic E-state index is 0.139. The lowest BCUT2D eigenvalue weighted by molar-refractivity contribution is 0.0698. The van der Waals surface area contributed by atoms with Gasteiger partial charge in [-0.05, 0) is 29.8 Å². The van der Waals surface area contributed by atoms with E-state index in [1.807, 2.05) is 24.3 Å². The molecule has 8 nitrogen and oxygen atoms in total. The highest BCUT2D eigenvalue weighted by Crippen LogP contribution is 2.33. The third-order valence-corrected chi connectivity index (χ3v) is 8.07. The molecular formula is C26H23N3O5S. The van der Waals surface area contributed by atoms with Crippen LogP contribution < -0.4 is 9.47 Å². The molecule has 0 unspecified atom stereocenters. The number of fused-ring (bicyclic) bond motifs is 1. The fraction of sp³-hybridized carbons (Fsp3) is 0.231. The lowest BCUT2D eigenvalue weighted by Gasteiger charge is -2.34. The smallest absolute Gasteiger partial charge is 0.254 e. The number of nitriles is 1. The molecule has 0 radical (unpaired) electrons. The standard InChI is InChI=1S/C26H23N3O5S/c27-18-19-5-1-2-6-21(19)22-7-3-4-8-23(22)26(30)28-11-13-29(14-12-28)35(31,32)20-9-10-24-25(17-20)34-16-15-33-24/h1-10,17H,11-16H2. The summed E-state index contributed by atoms with van der Waals surface area (Å²) in [6.45, 7) is 1.69. The van der Waals surface area contributed by atoms with Crippen LogP contribution in [0.15, 0.2) is 71.6 Å². The molecule has 0 atom stereocenters. The van der Waals surface area contributed by atoms with Crippen molar-refractivity contribution in [1.82, 2.24) is 9.21 Å². The summed E-state index contributed by atoms with van der Waals surface area (Å²) in [4.78, 5) is 15.2. The maximum atomic E-state index is 13.4. The number of nitrogens with zero attached hydrogens (tertiary/aromatic N) is 3. The molecule has 178 valence electrons. The van der Waals surface area contributed by atoms with Gasteiger partial charge >= 0.3 is 0 Å². The van der Waals surface area contributed by atoms with Crippen molar-refractivity contribution < 1.29 is 22.7 Å². The number of piperazine rings is 1. The van der Waals surface area contributed by atoms with Gasteiger partial charge in [-0.3, -0.25) is 4.79 Å². The Morgan fingerprint density at radius 2 is 1.49 bits per heavy atom. The molecular weight excluding hydrogens is 466 g/mol. The Morgan fingerprint density at radius 1 is 0.829 bits per heavy atom. The Bertz CT molecular complexity index is 1420. The van der Waals surface area contributed by atoms with Crippen molar-refractivity contribution in [3.8, 4) is 28.7 Å². The predicted molar refractivity (Wildman–Crippen MR) is 129 cm³/mol. The first kappa shape index (κ1) is 22.9. The van der Waals surface area contributed by atoms with Gasteiger partial charge in [0.2, 0.25) is 10.0 Å².